The Bertz CT molecular complexity index is 424. The smallest absolute Gasteiger partial charge is 0.137 e. The van der Waals surface area contributed by atoms with Gasteiger partial charge >= 0.3 is 0 Å². The molecule has 0 radical (unpaired) electrons. The van der Waals surface area contributed by atoms with Crippen LogP contribution >= 0.6 is 0 Å². The van der Waals surface area contributed by atoms with Crippen molar-refractivity contribution in [2.24, 2.45) is 0 Å². The number of benzene rings is 1. The highest BCUT2D eigenvalue weighted by atomic mass is 16.3. The lowest BCUT2D eigenvalue weighted by Crippen LogP contribution is -1.83. The minimum atomic E-state index is 1.03. The van der Waals surface area contributed by atoms with E-state index in [9.17, 15) is 0 Å². The number of rotatable bonds is 0. The Morgan fingerprint density at radius 3 is 2.29 bits per heavy atom. The van der Waals surface area contributed by atoms with Crippen LogP contribution in [0.5, 0.6) is 0 Å². The Balaban J connectivity index is 0.000000461. The van der Waals surface area contributed by atoms with Gasteiger partial charge in [-0.25, -0.2) is 0 Å². The first-order valence-electron chi connectivity index (χ1n) is 5.14. The summed E-state index contributed by atoms with van der Waals surface area (Å²) in [7, 11) is 0. The summed E-state index contributed by atoms with van der Waals surface area (Å²) in [5.41, 5.74) is 4.90. The van der Waals surface area contributed by atoms with Crippen LogP contribution in [-0.4, -0.2) is 0 Å². The fourth-order valence-corrected chi connectivity index (χ4v) is 1.62. The molecule has 0 saturated heterocycles. The molecule has 2 aromatic rings. The van der Waals surface area contributed by atoms with Gasteiger partial charge in [0.15, 0.2) is 0 Å². The van der Waals surface area contributed by atoms with Gasteiger partial charge in [-0.2, -0.15) is 0 Å². The van der Waals surface area contributed by atoms with Crippen LogP contribution in [0.15, 0.2) is 22.8 Å². The fraction of sp³-hybridized carbons (Fsp3) is 0.385. The molecule has 2 rings (SSSR count). The first-order valence-corrected chi connectivity index (χ1v) is 5.14. The molecular weight excluding hydrogens is 172 g/mol. The van der Waals surface area contributed by atoms with Gasteiger partial charge in [-0.15, -0.1) is 0 Å². The van der Waals surface area contributed by atoms with Crippen molar-refractivity contribution < 1.29 is 4.42 Å². The van der Waals surface area contributed by atoms with E-state index in [1.54, 1.807) is 6.26 Å². The molecule has 0 saturated carbocycles. The van der Waals surface area contributed by atoms with Gasteiger partial charge < -0.3 is 4.42 Å². The van der Waals surface area contributed by atoms with E-state index in [2.05, 4.69) is 26.8 Å². The van der Waals surface area contributed by atoms with Gasteiger partial charge in [-0.05, 0) is 43.5 Å². The van der Waals surface area contributed by atoms with Crippen LogP contribution in [-0.2, 0) is 0 Å². The molecule has 1 aromatic carbocycles. The lowest BCUT2D eigenvalue weighted by molar-refractivity contribution is 0.613. The van der Waals surface area contributed by atoms with Crippen molar-refractivity contribution in [3.63, 3.8) is 0 Å². The monoisotopic (exact) mass is 190 g/mol. The maximum Gasteiger partial charge on any atom is 0.137 e. The second-order valence-electron chi connectivity index (χ2n) is 3.30. The summed E-state index contributed by atoms with van der Waals surface area (Å²) in [6, 6.07) is 4.20. The molecular formula is C13H18O. The van der Waals surface area contributed by atoms with Gasteiger partial charge in [0, 0.05) is 5.39 Å². The van der Waals surface area contributed by atoms with Gasteiger partial charge in [-0.3, -0.25) is 0 Å². The molecule has 0 amide bonds. The van der Waals surface area contributed by atoms with E-state index in [4.69, 9.17) is 4.42 Å². The standard InChI is InChI=1S/C11H12O.C2H6/c1-7-6-8(2)11-10(9(7)3)4-5-12-11;1-2/h4-6H,1-3H3;1-2H3. The maximum atomic E-state index is 5.38. The van der Waals surface area contributed by atoms with Gasteiger partial charge in [0.1, 0.15) is 5.58 Å². The third-order valence-electron chi connectivity index (χ3n) is 2.45. The average molecular weight is 190 g/mol. The molecule has 0 aliphatic carbocycles. The van der Waals surface area contributed by atoms with Crippen LogP contribution in [0, 0.1) is 20.8 Å². The molecule has 1 heteroatoms. The molecule has 14 heavy (non-hydrogen) atoms. The first-order chi connectivity index (χ1) is 6.70. The van der Waals surface area contributed by atoms with E-state index in [-0.39, 0.29) is 0 Å². The summed E-state index contributed by atoms with van der Waals surface area (Å²) < 4.78 is 5.38. The summed E-state index contributed by atoms with van der Waals surface area (Å²) in [5, 5.41) is 1.24. The highest BCUT2D eigenvalue weighted by Gasteiger charge is 2.05. The zero-order valence-corrected chi connectivity index (χ0v) is 9.64. The number of hydrogen-bond donors (Lipinski definition) is 0. The normalized spacial score (nSPS) is 9.79. The quantitative estimate of drug-likeness (QED) is 0.600. The van der Waals surface area contributed by atoms with E-state index >= 15 is 0 Å². The molecule has 0 atom stereocenters. The summed E-state index contributed by atoms with van der Waals surface area (Å²) in [6.07, 6.45) is 1.75. The van der Waals surface area contributed by atoms with E-state index in [1.165, 1.54) is 22.1 Å². The van der Waals surface area contributed by atoms with Crippen LogP contribution in [0.3, 0.4) is 0 Å². The van der Waals surface area contributed by atoms with Crippen molar-refractivity contribution in [1.29, 1.82) is 0 Å². The summed E-state index contributed by atoms with van der Waals surface area (Å²) in [5.74, 6) is 0. The summed E-state index contributed by atoms with van der Waals surface area (Å²) >= 11 is 0. The molecule has 0 fully saturated rings. The highest BCUT2D eigenvalue weighted by Crippen LogP contribution is 2.25. The maximum absolute atomic E-state index is 5.38. The number of aryl methyl sites for hydroxylation is 3. The van der Waals surface area contributed by atoms with Crippen molar-refractivity contribution in [3.8, 4) is 0 Å². The van der Waals surface area contributed by atoms with Crippen molar-refractivity contribution in [1.82, 2.24) is 0 Å². The van der Waals surface area contributed by atoms with Crippen molar-refractivity contribution in [2.45, 2.75) is 34.6 Å². The van der Waals surface area contributed by atoms with Crippen LogP contribution < -0.4 is 0 Å². The van der Waals surface area contributed by atoms with Gasteiger partial charge in [0.25, 0.3) is 0 Å². The molecule has 0 aliphatic heterocycles. The predicted octanol–water partition coefficient (Wildman–Crippen LogP) is 4.38. The number of fused-ring (bicyclic) bond motifs is 1. The Hall–Kier alpha value is -1.24. The molecule has 1 nitrogen and oxygen atoms in total. The third-order valence-corrected chi connectivity index (χ3v) is 2.45. The highest BCUT2D eigenvalue weighted by molar-refractivity contribution is 5.84. The minimum absolute atomic E-state index is 1.03. The molecule has 0 bridgehead atoms. The minimum Gasteiger partial charge on any atom is -0.464 e. The topological polar surface area (TPSA) is 13.1 Å². The molecule has 1 heterocycles. The lowest BCUT2D eigenvalue weighted by Gasteiger charge is -2.02. The van der Waals surface area contributed by atoms with Gasteiger partial charge in [-0.1, -0.05) is 19.9 Å². The molecule has 0 N–H and O–H groups in total. The molecule has 0 aliphatic rings. The van der Waals surface area contributed by atoms with Crippen molar-refractivity contribution in [2.75, 3.05) is 0 Å². The Labute approximate surface area is 85.7 Å². The Morgan fingerprint density at radius 2 is 1.64 bits per heavy atom. The SMILES string of the molecule is CC.Cc1cc(C)c2occc2c1C. The van der Waals surface area contributed by atoms with Crippen molar-refractivity contribution >= 4 is 11.0 Å². The number of furan rings is 1. The van der Waals surface area contributed by atoms with Gasteiger partial charge in [0.2, 0.25) is 0 Å². The second kappa shape index (κ2) is 4.32. The van der Waals surface area contributed by atoms with E-state index < -0.39 is 0 Å². The summed E-state index contributed by atoms with van der Waals surface area (Å²) in [6.45, 7) is 10.3. The molecule has 0 unspecified atom stereocenters. The Morgan fingerprint density at radius 1 is 1.00 bits per heavy atom. The van der Waals surface area contributed by atoms with Gasteiger partial charge in [0.05, 0.1) is 6.26 Å². The first kappa shape index (κ1) is 10.8. The molecule has 76 valence electrons. The Kier molecular flexibility index (Phi) is 3.34. The largest absolute Gasteiger partial charge is 0.464 e. The van der Waals surface area contributed by atoms with E-state index in [0.717, 1.165) is 5.58 Å². The zero-order chi connectivity index (χ0) is 10.7. The van der Waals surface area contributed by atoms with Crippen LogP contribution in [0.1, 0.15) is 30.5 Å². The average Bonchev–Trinajstić information content (AvgIpc) is 2.67. The zero-order valence-electron chi connectivity index (χ0n) is 9.64. The van der Waals surface area contributed by atoms with Crippen LogP contribution in [0.4, 0.5) is 0 Å². The number of hydrogen-bond acceptors (Lipinski definition) is 1. The molecule has 1 aromatic heterocycles. The van der Waals surface area contributed by atoms with Crippen molar-refractivity contribution in [3.05, 3.63) is 35.1 Å². The lowest BCUT2D eigenvalue weighted by atomic mass is 10.0. The third kappa shape index (κ3) is 1.67. The molecule has 0 spiro atoms. The van der Waals surface area contributed by atoms with E-state index in [0.29, 0.717) is 0 Å². The fourth-order valence-electron chi connectivity index (χ4n) is 1.62. The second-order valence-corrected chi connectivity index (χ2v) is 3.30. The predicted molar refractivity (Wildman–Crippen MR) is 61.8 cm³/mol. The summed E-state index contributed by atoms with van der Waals surface area (Å²) in [4.78, 5) is 0. The van der Waals surface area contributed by atoms with Crippen LogP contribution in [0.25, 0.3) is 11.0 Å². The van der Waals surface area contributed by atoms with Crippen LogP contribution in [0.2, 0.25) is 0 Å². The van der Waals surface area contributed by atoms with E-state index in [1.807, 2.05) is 19.9 Å².